The summed E-state index contributed by atoms with van der Waals surface area (Å²) >= 11 is 5.99. The van der Waals surface area contributed by atoms with E-state index in [-0.39, 0.29) is 5.56 Å². The molecule has 0 amide bonds. The van der Waals surface area contributed by atoms with E-state index in [0.717, 1.165) is 0 Å². The maximum atomic E-state index is 13.9. The van der Waals surface area contributed by atoms with Crippen LogP contribution in [0.1, 0.15) is 5.56 Å². The number of halogens is 2. The van der Waals surface area contributed by atoms with Crippen molar-refractivity contribution in [2.24, 2.45) is 0 Å². The zero-order valence-corrected chi connectivity index (χ0v) is 10.3. The van der Waals surface area contributed by atoms with E-state index in [1.807, 2.05) is 6.07 Å². The highest BCUT2D eigenvalue weighted by Crippen LogP contribution is 2.37. The fourth-order valence-corrected chi connectivity index (χ4v) is 1.98. The number of nitriles is 1. The lowest BCUT2D eigenvalue weighted by molar-refractivity contribution is 0.416. The predicted molar refractivity (Wildman–Crippen MR) is 68.1 cm³/mol. The Morgan fingerprint density at radius 2 is 2.00 bits per heavy atom. The molecular weight excluding hydrogens is 253 g/mol. The van der Waals surface area contributed by atoms with Crippen LogP contribution in [-0.2, 0) is 0 Å². The monoisotopic (exact) mass is 261 g/mol. The Balaban J connectivity index is 2.63. The molecule has 90 valence electrons. The molecule has 2 rings (SSSR count). The summed E-state index contributed by atoms with van der Waals surface area (Å²) in [5.74, 6) is -0.0580. The van der Waals surface area contributed by atoms with Gasteiger partial charge in [0, 0.05) is 11.1 Å². The molecule has 0 aliphatic rings. The van der Waals surface area contributed by atoms with Gasteiger partial charge in [0.25, 0.3) is 0 Å². The van der Waals surface area contributed by atoms with Gasteiger partial charge in [0.2, 0.25) is 0 Å². The second-order valence-corrected chi connectivity index (χ2v) is 4.03. The van der Waals surface area contributed by atoms with Gasteiger partial charge in [-0.05, 0) is 24.3 Å². The van der Waals surface area contributed by atoms with E-state index < -0.39 is 5.82 Å². The van der Waals surface area contributed by atoms with Crippen LogP contribution in [0.2, 0.25) is 5.02 Å². The molecule has 0 aliphatic carbocycles. The van der Waals surface area contributed by atoms with Gasteiger partial charge in [-0.2, -0.15) is 5.26 Å². The van der Waals surface area contributed by atoms with Crippen molar-refractivity contribution in [3.8, 4) is 22.9 Å². The van der Waals surface area contributed by atoms with Crippen LogP contribution in [0.3, 0.4) is 0 Å². The summed E-state index contributed by atoms with van der Waals surface area (Å²) in [4.78, 5) is 0. The standard InChI is InChI=1S/C14H9ClFNO/c1-18-14-11(3-2-4-12(14)15)10-6-5-9(8-17)7-13(10)16/h2-7H,1H3. The molecule has 0 heterocycles. The zero-order chi connectivity index (χ0) is 13.1. The number of rotatable bonds is 2. The number of ether oxygens (including phenoxy) is 1. The van der Waals surface area contributed by atoms with Crippen molar-refractivity contribution >= 4 is 11.6 Å². The number of para-hydroxylation sites is 1. The van der Waals surface area contributed by atoms with Crippen molar-refractivity contribution in [3.63, 3.8) is 0 Å². The van der Waals surface area contributed by atoms with Crippen LogP contribution in [0.4, 0.5) is 4.39 Å². The first-order valence-electron chi connectivity index (χ1n) is 5.20. The molecule has 0 unspecified atom stereocenters. The predicted octanol–water partition coefficient (Wildman–Crippen LogP) is 4.03. The Labute approximate surface area is 109 Å². The molecule has 0 fully saturated rings. The minimum absolute atomic E-state index is 0.275. The quantitative estimate of drug-likeness (QED) is 0.818. The third-order valence-electron chi connectivity index (χ3n) is 2.56. The Morgan fingerprint density at radius 1 is 1.22 bits per heavy atom. The fourth-order valence-electron chi connectivity index (χ4n) is 1.73. The highest BCUT2D eigenvalue weighted by atomic mass is 35.5. The van der Waals surface area contributed by atoms with Gasteiger partial charge >= 0.3 is 0 Å². The molecule has 4 heteroatoms. The van der Waals surface area contributed by atoms with Crippen molar-refractivity contribution in [3.05, 3.63) is 52.8 Å². The SMILES string of the molecule is COc1c(Cl)cccc1-c1ccc(C#N)cc1F. The maximum Gasteiger partial charge on any atom is 0.145 e. The van der Waals surface area contributed by atoms with E-state index in [1.54, 1.807) is 30.3 Å². The van der Waals surface area contributed by atoms with Crippen molar-refractivity contribution in [1.82, 2.24) is 0 Å². The number of nitrogens with zero attached hydrogens (tertiary/aromatic N) is 1. The second-order valence-electron chi connectivity index (χ2n) is 3.63. The van der Waals surface area contributed by atoms with Gasteiger partial charge in [-0.15, -0.1) is 0 Å². The first-order chi connectivity index (χ1) is 8.67. The van der Waals surface area contributed by atoms with Crippen LogP contribution in [-0.4, -0.2) is 7.11 Å². The van der Waals surface area contributed by atoms with Crippen LogP contribution in [0.25, 0.3) is 11.1 Å². The lowest BCUT2D eigenvalue weighted by atomic mass is 10.0. The van der Waals surface area contributed by atoms with Gasteiger partial charge in [0.15, 0.2) is 0 Å². The summed E-state index contributed by atoms with van der Waals surface area (Å²) in [6.45, 7) is 0. The Kier molecular flexibility index (Phi) is 3.50. The molecule has 0 saturated heterocycles. The van der Waals surface area contributed by atoms with E-state index in [0.29, 0.717) is 21.9 Å². The maximum absolute atomic E-state index is 13.9. The minimum atomic E-state index is -0.477. The van der Waals surface area contributed by atoms with Crippen molar-refractivity contribution in [1.29, 1.82) is 5.26 Å². The molecule has 0 N–H and O–H groups in total. The van der Waals surface area contributed by atoms with E-state index >= 15 is 0 Å². The Bertz CT molecular complexity index is 634. The molecule has 0 bridgehead atoms. The summed E-state index contributed by atoms with van der Waals surface area (Å²) < 4.78 is 19.1. The first-order valence-corrected chi connectivity index (χ1v) is 5.57. The van der Waals surface area contributed by atoms with Crippen molar-refractivity contribution in [2.75, 3.05) is 7.11 Å². The van der Waals surface area contributed by atoms with Gasteiger partial charge in [-0.25, -0.2) is 4.39 Å². The van der Waals surface area contributed by atoms with E-state index in [2.05, 4.69) is 0 Å². The van der Waals surface area contributed by atoms with Gasteiger partial charge in [-0.1, -0.05) is 23.7 Å². The largest absolute Gasteiger partial charge is 0.495 e. The van der Waals surface area contributed by atoms with E-state index in [9.17, 15) is 4.39 Å². The molecular formula is C14H9ClFNO. The summed E-state index contributed by atoms with van der Waals surface area (Å²) in [5.41, 5.74) is 1.19. The molecule has 0 atom stereocenters. The smallest absolute Gasteiger partial charge is 0.145 e. The Morgan fingerprint density at radius 3 is 2.61 bits per heavy atom. The Hall–Kier alpha value is -2.05. The van der Waals surface area contributed by atoms with Crippen LogP contribution < -0.4 is 4.74 Å². The average molecular weight is 262 g/mol. The highest BCUT2D eigenvalue weighted by molar-refractivity contribution is 6.32. The average Bonchev–Trinajstić information content (AvgIpc) is 2.38. The van der Waals surface area contributed by atoms with Crippen molar-refractivity contribution in [2.45, 2.75) is 0 Å². The van der Waals surface area contributed by atoms with Gasteiger partial charge in [-0.3, -0.25) is 0 Å². The summed E-state index contributed by atoms with van der Waals surface area (Å²) in [6.07, 6.45) is 0. The molecule has 2 aromatic carbocycles. The lowest BCUT2D eigenvalue weighted by Crippen LogP contribution is -1.92. The van der Waals surface area contributed by atoms with Gasteiger partial charge in [0.1, 0.15) is 11.6 Å². The lowest BCUT2D eigenvalue weighted by Gasteiger charge is -2.11. The third kappa shape index (κ3) is 2.15. The number of methoxy groups -OCH3 is 1. The molecule has 0 aliphatic heterocycles. The van der Waals surface area contributed by atoms with Gasteiger partial charge in [0.05, 0.1) is 23.8 Å². The first kappa shape index (κ1) is 12.4. The van der Waals surface area contributed by atoms with Crippen LogP contribution >= 0.6 is 11.6 Å². The second kappa shape index (κ2) is 5.07. The minimum Gasteiger partial charge on any atom is -0.495 e. The molecule has 0 spiro atoms. The number of benzene rings is 2. The van der Waals surface area contributed by atoms with E-state index in [1.165, 1.54) is 13.2 Å². The molecule has 2 nitrogen and oxygen atoms in total. The van der Waals surface area contributed by atoms with Crippen LogP contribution in [0.5, 0.6) is 5.75 Å². The molecule has 0 radical (unpaired) electrons. The molecule has 0 saturated carbocycles. The number of hydrogen-bond donors (Lipinski definition) is 0. The van der Waals surface area contributed by atoms with Crippen molar-refractivity contribution < 1.29 is 9.13 Å². The third-order valence-corrected chi connectivity index (χ3v) is 2.86. The fraction of sp³-hybridized carbons (Fsp3) is 0.0714. The molecule has 2 aromatic rings. The zero-order valence-electron chi connectivity index (χ0n) is 9.58. The van der Waals surface area contributed by atoms with E-state index in [4.69, 9.17) is 21.6 Å². The molecule has 18 heavy (non-hydrogen) atoms. The summed E-state index contributed by atoms with van der Waals surface area (Å²) in [7, 11) is 1.48. The summed E-state index contributed by atoms with van der Waals surface area (Å²) in [5, 5.41) is 9.12. The normalized spacial score (nSPS) is 9.89. The molecule has 0 aromatic heterocycles. The summed E-state index contributed by atoms with van der Waals surface area (Å²) in [6, 6.07) is 11.3. The van der Waals surface area contributed by atoms with Crippen LogP contribution in [0, 0.1) is 17.1 Å². The topological polar surface area (TPSA) is 33.0 Å². The van der Waals surface area contributed by atoms with Gasteiger partial charge < -0.3 is 4.74 Å². The van der Waals surface area contributed by atoms with Crippen LogP contribution in [0.15, 0.2) is 36.4 Å². The number of hydrogen-bond acceptors (Lipinski definition) is 2. The highest BCUT2D eigenvalue weighted by Gasteiger charge is 2.13.